The first kappa shape index (κ1) is 19.0. The molecule has 1 aromatic rings. The van der Waals surface area contributed by atoms with Crippen molar-refractivity contribution in [2.75, 3.05) is 26.8 Å². The maximum Gasteiger partial charge on any atom is 0.243 e. The van der Waals surface area contributed by atoms with E-state index in [9.17, 15) is 8.42 Å². The highest BCUT2D eigenvalue weighted by atomic mass is 32.2. The van der Waals surface area contributed by atoms with Crippen molar-refractivity contribution in [1.29, 1.82) is 0 Å². The van der Waals surface area contributed by atoms with E-state index >= 15 is 0 Å². The van der Waals surface area contributed by atoms with Crippen LogP contribution in [0.1, 0.15) is 50.2 Å². The molecular formula is C21H29NO4S. The molecular weight excluding hydrogens is 362 g/mol. The normalized spacial score (nSPS) is 23.0. The lowest BCUT2D eigenvalue weighted by Crippen LogP contribution is -2.48. The predicted octanol–water partition coefficient (Wildman–Crippen LogP) is 3.46. The van der Waals surface area contributed by atoms with Gasteiger partial charge in [0.2, 0.25) is 10.0 Å². The summed E-state index contributed by atoms with van der Waals surface area (Å²) in [4.78, 5) is 0.477. The zero-order chi connectivity index (χ0) is 19.1. The van der Waals surface area contributed by atoms with Gasteiger partial charge >= 0.3 is 0 Å². The van der Waals surface area contributed by atoms with Crippen LogP contribution in [0.25, 0.3) is 0 Å². The molecule has 1 fully saturated rings. The quantitative estimate of drug-likeness (QED) is 0.741. The zero-order valence-electron chi connectivity index (χ0n) is 16.3. The number of hydrogen-bond acceptors (Lipinski definition) is 4. The van der Waals surface area contributed by atoms with Crippen molar-refractivity contribution < 1.29 is 17.9 Å². The van der Waals surface area contributed by atoms with E-state index in [2.05, 4.69) is 13.0 Å². The Kier molecular flexibility index (Phi) is 5.08. The Balaban J connectivity index is 1.61. The van der Waals surface area contributed by atoms with E-state index in [-0.39, 0.29) is 5.60 Å². The molecule has 0 amide bonds. The van der Waals surface area contributed by atoms with Crippen LogP contribution in [0.5, 0.6) is 5.75 Å². The highest BCUT2D eigenvalue weighted by Gasteiger charge is 2.40. The Morgan fingerprint density at radius 1 is 1.07 bits per heavy atom. The van der Waals surface area contributed by atoms with Gasteiger partial charge < -0.3 is 9.47 Å². The number of hydrogen-bond donors (Lipinski definition) is 0. The summed E-state index contributed by atoms with van der Waals surface area (Å²) in [6.45, 7) is 3.89. The van der Waals surface area contributed by atoms with Gasteiger partial charge in [-0.2, -0.15) is 4.31 Å². The number of sulfonamides is 1. The van der Waals surface area contributed by atoms with Crippen molar-refractivity contribution in [2.24, 2.45) is 0 Å². The fraction of sp³-hybridized carbons (Fsp3) is 0.619. The van der Waals surface area contributed by atoms with Crippen LogP contribution in [-0.2, 0) is 27.6 Å². The number of ether oxygens (including phenoxy) is 2. The zero-order valence-corrected chi connectivity index (χ0v) is 17.1. The summed E-state index contributed by atoms with van der Waals surface area (Å²) in [5.74, 6) is 0.817. The molecule has 0 saturated carbocycles. The molecule has 0 atom stereocenters. The van der Waals surface area contributed by atoms with Crippen LogP contribution >= 0.6 is 0 Å². The Morgan fingerprint density at radius 2 is 1.78 bits per heavy atom. The van der Waals surface area contributed by atoms with Crippen LogP contribution in [-0.4, -0.2) is 45.1 Å². The largest absolute Gasteiger partial charge is 0.496 e. The summed E-state index contributed by atoms with van der Waals surface area (Å²) < 4.78 is 40.0. The second kappa shape index (κ2) is 7.22. The molecule has 1 spiro atoms. The monoisotopic (exact) mass is 391 g/mol. The minimum atomic E-state index is -3.50. The van der Waals surface area contributed by atoms with Gasteiger partial charge in [-0.3, -0.25) is 0 Å². The van der Waals surface area contributed by atoms with Crippen molar-refractivity contribution in [3.8, 4) is 5.75 Å². The van der Waals surface area contributed by atoms with Gasteiger partial charge in [0.05, 0.1) is 24.2 Å². The van der Waals surface area contributed by atoms with Crippen molar-refractivity contribution in [1.82, 2.24) is 4.31 Å². The van der Waals surface area contributed by atoms with Gasteiger partial charge in [-0.1, -0.05) is 11.6 Å². The topological polar surface area (TPSA) is 55.8 Å². The highest BCUT2D eigenvalue weighted by molar-refractivity contribution is 7.89. The van der Waals surface area contributed by atoms with Gasteiger partial charge in [-0.05, 0) is 75.1 Å². The van der Waals surface area contributed by atoms with Crippen LogP contribution in [0.2, 0.25) is 0 Å². The summed E-state index contributed by atoms with van der Waals surface area (Å²) in [6.07, 6.45) is 8.46. The van der Waals surface area contributed by atoms with Crippen molar-refractivity contribution in [3.05, 3.63) is 34.9 Å². The summed E-state index contributed by atoms with van der Waals surface area (Å²) in [5.41, 5.74) is 3.12. The molecule has 148 valence electrons. The van der Waals surface area contributed by atoms with Gasteiger partial charge in [0.25, 0.3) is 0 Å². The number of rotatable bonds is 3. The highest BCUT2D eigenvalue weighted by Crippen LogP contribution is 2.38. The molecule has 3 aliphatic rings. The van der Waals surface area contributed by atoms with E-state index in [4.69, 9.17) is 9.47 Å². The first-order valence-corrected chi connectivity index (χ1v) is 11.4. The maximum absolute atomic E-state index is 13.4. The number of methoxy groups -OCH3 is 1. The van der Waals surface area contributed by atoms with Gasteiger partial charge in [0.1, 0.15) is 5.75 Å². The average molecular weight is 392 g/mol. The van der Waals surface area contributed by atoms with Crippen molar-refractivity contribution in [3.63, 3.8) is 0 Å². The molecule has 1 aromatic carbocycles. The van der Waals surface area contributed by atoms with Gasteiger partial charge in [0.15, 0.2) is 0 Å². The minimum Gasteiger partial charge on any atom is -0.496 e. The molecule has 0 N–H and O–H groups in total. The number of piperidine rings is 1. The smallest absolute Gasteiger partial charge is 0.243 e. The van der Waals surface area contributed by atoms with Gasteiger partial charge in [-0.25, -0.2) is 8.42 Å². The van der Waals surface area contributed by atoms with Crippen LogP contribution in [0, 0.1) is 0 Å². The van der Waals surface area contributed by atoms with Crippen LogP contribution in [0.15, 0.2) is 28.7 Å². The summed E-state index contributed by atoms with van der Waals surface area (Å²) in [7, 11) is -1.84. The molecule has 2 heterocycles. The molecule has 1 aliphatic carbocycles. The van der Waals surface area contributed by atoms with Crippen LogP contribution < -0.4 is 4.74 Å². The predicted molar refractivity (Wildman–Crippen MR) is 105 cm³/mol. The fourth-order valence-corrected chi connectivity index (χ4v) is 6.46. The van der Waals surface area contributed by atoms with E-state index in [0.29, 0.717) is 18.0 Å². The van der Waals surface area contributed by atoms with Gasteiger partial charge in [0, 0.05) is 13.1 Å². The SMILES string of the molecule is COc1ccc(S(=O)(=O)N2CCC3(C=C(C)CCO3)CC2)c2c1CCCC2. The van der Waals surface area contributed by atoms with Crippen LogP contribution in [0.4, 0.5) is 0 Å². The second-order valence-electron chi connectivity index (χ2n) is 7.99. The van der Waals surface area contributed by atoms with E-state index < -0.39 is 10.0 Å². The van der Waals surface area contributed by atoms with Crippen LogP contribution in [0.3, 0.4) is 0 Å². The van der Waals surface area contributed by atoms with E-state index in [1.807, 2.05) is 6.07 Å². The fourth-order valence-electron chi connectivity index (χ4n) is 4.75. The third-order valence-electron chi connectivity index (χ3n) is 6.25. The lowest BCUT2D eigenvalue weighted by atomic mass is 9.88. The molecule has 0 bridgehead atoms. The lowest BCUT2D eigenvalue weighted by molar-refractivity contribution is -0.0462. The molecule has 5 nitrogen and oxygen atoms in total. The summed E-state index contributed by atoms with van der Waals surface area (Å²) in [5, 5.41) is 0. The lowest BCUT2D eigenvalue weighted by Gasteiger charge is -2.41. The first-order valence-electron chi connectivity index (χ1n) is 9.96. The Bertz CT molecular complexity index is 851. The maximum atomic E-state index is 13.4. The molecule has 4 rings (SSSR count). The number of benzene rings is 1. The van der Waals surface area contributed by atoms with E-state index in [0.717, 1.165) is 68.4 Å². The van der Waals surface area contributed by atoms with Crippen molar-refractivity contribution in [2.45, 2.75) is 62.4 Å². The molecule has 0 unspecified atom stereocenters. The molecule has 27 heavy (non-hydrogen) atoms. The Morgan fingerprint density at radius 3 is 2.44 bits per heavy atom. The molecule has 0 aromatic heterocycles. The molecule has 2 aliphatic heterocycles. The first-order chi connectivity index (χ1) is 13.0. The summed E-state index contributed by atoms with van der Waals surface area (Å²) >= 11 is 0. The third kappa shape index (κ3) is 3.43. The standard InChI is InChI=1S/C21H29NO4S/c1-16-9-14-26-21(15-16)10-12-22(13-11-21)27(23,24)20-8-7-19(25-2)17-5-3-4-6-18(17)20/h7-8,15H,3-6,9-14H2,1-2H3. The van der Waals surface area contributed by atoms with E-state index in [1.165, 1.54) is 5.57 Å². The molecule has 1 saturated heterocycles. The van der Waals surface area contributed by atoms with E-state index in [1.54, 1.807) is 17.5 Å². The Hall–Kier alpha value is -1.37. The summed E-state index contributed by atoms with van der Waals surface area (Å²) in [6, 6.07) is 3.56. The number of fused-ring (bicyclic) bond motifs is 1. The molecule has 0 radical (unpaired) electrons. The minimum absolute atomic E-state index is 0.270. The second-order valence-corrected chi connectivity index (χ2v) is 9.89. The van der Waals surface area contributed by atoms with Gasteiger partial charge in [-0.15, -0.1) is 0 Å². The Labute approximate surface area is 162 Å². The van der Waals surface area contributed by atoms with Crippen molar-refractivity contribution >= 4 is 10.0 Å². The number of nitrogens with zero attached hydrogens (tertiary/aromatic N) is 1. The average Bonchev–Trinajstić information content (AvgIpc) is 2.67. The molecule has 6 heteroatoms. The third-order valence-corrected chi connectivity index (χ3v) is 8.23.